The van der Waals surface area contributed by atoms with Crippen molar-refractivity contribution in [1.82, 2.24) is 10.2 Å². The number of unbranched alkanes of at least 4 members (excludes halogenated alkanes) is 1. The molecule has 1 unspecified atom stereocenters. The maximum Gasteiger partial charge on any atom is 0.337 e. The van der Waals surface area contributed by atoms with Gasteiger partial charge in [0.25, 0.3) is 0 Å². The van der Waals surface area contributed by atoms with Crippen LogP contribution in [0, 0.1) is 17.3 Å². The van der Waals surface area contributed by atoms with Crippen molar-refractivity contribution in [3.05, 3.63) is 35.4 Å². The lowest BCUT2D eigenvalue weighted by Gasteiger charge is -2.49. The largest absolute Gasteiger partial charge is 0.465 e. The first kappa shape index (κ1) is 26.7. The minimum atomic E-state index is -0.329. The molecule has 34 heavy (non-hydrogen) atoms. The van der Waals surface area contributed by atoms with Gasteiger partial charge in [-0.05, 0) is 73.5 Å². The zero-order valence-electron chi connectivity index (χ0n) is 22.4. The number of amides is 1. The van der Waals surface area contributed by atoms with E-state index in [1.165, 1.54) is 7.11 Å². The van der Waals surface area contributed by atoms with E-state index in [2.05, 4.69) is 51.8 Å². The molecule has 1 amide bonds. The van der Waals surface area contributed by atoms with Crippen LogP contribution in [0.2, 0.25) is 0 Å². The number of carbonyl (C=O) groups is 2. The molecule has 5 heteroatoms. The summed E-state index contributed by atoms with van der Waals surface area (Å²) in [7, 11) is 1.40. The molecule has 190 valence electrons. The monoisotopic (exact) mass is 470 g/mol. The summed E-state index contributed by atoms with van der Waals surface area (Å²) in [5.41, 5.74) is 1.67. The molecule has 0 bridgehead atoms. The van der Waals surface area contributed by atoms with Crippen LogP contribution in [0.4, 0.5) is 0 Å². The van der Waals surface area contributed by atoms with Crippen molar-refractivity contribution in [3.63, 3.8) is 0 Å². The molecule has 3 rings (SSSR count). The van der Waals surface area contributed by atoms with Crippen molar-refractivity contribution in [2.75, 3.05) is 7.11 Å². The van der Waals surface area contributed by atoms with Crippen LogP contribution >= 0.6 is 0 Å². The fraction of sp³-hybridized carbons (Fsp3) is 0.724. The maximum absolute atomic E-state index is 14.0. The molecule has 1 aliphatic heterocycles. The van der Waals surface area contributed by atoms with E-state index in [-0.39, 0.29) is 35.0 Å². The molecule has 2 atom stereocenters. The third kappa shape index (κ3) is 5.67. The minimum Gasteiger partial charge on any atom is -0.465 e. The van der Waals surface area contributed by atoms with Gasteiger partial charge in [0.1, 0.15) is 0 Å². The highest BCUT2D eigenvalue weighted by Gasteiger charge is 2.54. The standard InChI is InChI=1S/C29H46N2O3/c1-8-9-10-25(21-11-13-22(14-12-21)27(33)34-7)31-26(32)24(19-20(2)3)30-29(31)17-15-23(16-18-29)28(4,5)6/h11-14,20,23-25,30H,8-10,15-19H2,1-7H3/t23?,24?,25-,29?/m1/s1. The van der Waals surface area contributed by atoms with Gasteiger partial charge in [-0.25, -0.2) is 4.79 Å². The highest BCUT2D eigenvalue weighted by Crippen LogP contribution is 2.48. The van der Waals surface area contributed by atoms with E-state index in [4.69, 9.17) is 4.74 Å². The molecule has 5 nitrogen and oxygen atoms in total. The Hall–Kier alpha value is -1.88. The zero-order chi connectivity index (χ0) is 25.1. The number of nitrogens with zero attached hydrogens (tertiary/aromatic N) is 1. The average molecular weight is 471 g/mol. The molecule has 1 aromatic rings. The summed E-state index contributed by atoms with van der Waals surface area (Å²) in [5, 5.41) is 3.88. The summed E-state index contributed by atoms with van der Waals surface area (Å²) in [6.07, 6.45) is 8.20. The van der Waals surface area contributed by atoms with Crippen molar-refractivity contribution in [3.8, 4) is 0 Å². The van der Waals surface area contributed by atoms with E-state index in [1.807, 2.05) is 24.3 Å². The van der Waals surface area contributed by atoms with Gasteiger partial charge in [-0.3, -0.25) is 10.1 Å². The van der Waals surface area contributed by atoms with Crippen molar-refractivity contribution < 1.29 is 14.3 Å². The second kappa shape index (κ2) is 10.8. The Morgan fingerprint density at radius 2 is 1.79 bits per heavy atom. The Bertz CT molecular complexity index is 832. The van der Waals surface area contributed by atoms with E-state index < -0.39 is 0 Å². The molecular weight excluding hydrogens is 424 g/mol. The predicted molar refractivity (Wildman–Crippen MR) is 137 cm³/mol. The predicted octanol–water partition coefficient (Wildman–Crippen LogP) is 6.48. The van der Waals surface area contributed by atoms with Gasteiger partial charge in [0.15, 0.2) is 0 Å². The Balaban J connectivity index is 1.97. The summed E-state index contributed by atoms with van der Waals surface area (Å²) in [5.74, 6) is 1.05. The summed E-state index contributed by atoms with van der Waals surface area (Å²) < 4.78 is 4.88. The van der Waals surface area contributed by atoms with E-state index in [1.54, 1.807) is 0 Å². The number of hydrogen-bond acceptors (Lipinski definition) is 4. The van der Waals surface area contributed by atoms with Gasteiger partial charge < -0.3 is 9.64 Å². The Morgan fingerprint density at radius 1 is 1.18 bits per heavy atom. The van der Waals surface area contributed by atoms with E-state index in [9.17, 15) is 9.59 Å². The molecule has 2 fully saturated rings. The lowest BCUT2D eigenvalue weighted by Crippen LogP contribution is -2.56. The number of esters is 1. The number of ether oxygens (including phenoxy) is 1. The van der Waals surface area contributed by atoms with Crippen LogP contribution in [-0.4, -0.2) is 35.6 Å². The number of benzene rings is 1. The summed E-state index contributed by atoms with van der Waals surface area (Å²) in [6.45, 7) is 13.6. The van der Waals surface area contributed by atoms with Crippen LogP contribution < -0.4 is 5.32 Å². The molecule has 1 saturated carbocycles. The first-order valence-electron chi connectivity index (χ1n) is 13.3. The normalized spacial score (nSPS) is 26.4. The third-order valence-corrected chi connectivity index (χ3v) is 8.04. The van der Waals surface area contributed by atoms with Gasteiger partial charge in [0.2, 0.25) is 5.91 Å². The SMILES string of the molecule is CCCC[C@H](c1ccc(C(=O)OC)cc1)N1C(=O)C(CC(C)C)NC12CCC(C(C)(C)C)CC2. The van der Waals surface area contributed by atoms with Gasteiger partial charge in [-0.2, -0.15) is 0 Å². The van der Waals surface area contributed by atoms with Crippen LogP contribution in [0.5, 0.6) is 0 Å². The summed E-state index contributed by atoms with van der Waals surface area (Å²) in [4.78, 5) is 28.2. The second-order valence-corrected chi connectivity index (χ2v) is 12.0. The van der Waals surface area contributed by atoms with Gasteiger partial charge >= 0.3 is 5.97 Å². The third-order valence-electron chi connectivity index (χ3n) is 8.04. The Morgan fingerprint density at radius 3 is 2.29 bits per heavy atom. The van der Waals surface area contributed by atoms with Crippen molar-refractivity contribution in [1.29, 1.82) is 0 Å². The molecule has 2 aliphatic rings. The molecule has 1 N–H and O–H groups in total. The minimum absolute atomic E-state index is 0.00926. The molecule has 1 aromatic carbocycles. The van der Waals surface area contributed by atoms with Crippen molar-refractivity contribution >= 4 is 11.9 Å². The number of methoxy groups -OCH3 is 1. The van der Waals surface area contributed by atoms with Crippen LogP contribution in [0.3, 0.4) is 0 Å². The number of carbonyl (C=O) groups excluding carboxylic acids is 2. The molecule has 1 spiro atoms. The fourth-order valence-electron chi connectivity index (χ4n) is 6.07. The van der Waals surface area contributed by atoms with Gasteiger partial charge in [-0.15, -0.1) is 0 Å². The van der Waals surface area contributed by atoms with E-state index >= 15 is 0 Å². The maximum atomic E-state index is 14.0. The molecular formula is C29H46N2O3. The van der Waals surface area contributed by atoms with Crippen LogP contribution in [0.1, 0.15) is 115 Å². The van der Waals surface area contributed by atoms with Crippen LogP contribution in [-0.2, 0) is 9.53 Å². The first-order chi connectivity index (χ1) is 16.0. The summed E-state index contributed by atoms with van der Waals surface area (Å²) in [6, 6.07) is 7.60. The summed E-state index contributed by atoms with van der Waals surface area (Å²) >= 11 is 0. The van der Waals surface area contributed by atoms with Crippen molar-refractivity contribution in [2.24, 2.45) is 17.3 Å². The molecule has 1 saturated heterocycles. The number of nitrogens with one attached hydrogen (secondary N) is 1. The lowest BCUT2D eigenvalue weighted by atomic mass is 9.69. The van der Waals surface area contributed by atoms with Crippen LogP contribution in [0.25, 0.3) is 0 Å². The van der Waals surface area contributed by atoms with Crippen molar-refractivity contribution in [2.45, 2.75) is 111 Å². The van der Waals surface area contributed by atoms with Crippen LogP contribution in [0.15, 0.2) is 24.3 Å². The quantitative estimate of drug-likeness (QED) is 0.442. The van der Waals surface area contributed by atoms with E-state index in [0.717, 1.165) is 56.9 Å². The fourth-order valence-corrected chi connectivity index (χ4v) is 6.07. The lowest BCUT2D eigenvalue weighted by molar-refractivity contribution is -0.137. The first-order valence-corrected chi connectivity index (χ1v) is 13.3. The molecule has 0 radical (unpaired) electrons. The second-order valence-electron chi connectivity index (χ2n) is 12.0. The smallest absolute Gasteiger partial charge is 0.337 e. The zero-order valence-corrected chi connectivity index (χ0v) is 22.4. The number of hydrogen-bond donors (Lipinski definition) is 1. The Kier molecular flexibility index (Phi) is 8.49. The van der Waals surface area contributed by atoms with Gasteiger partial charge in [0, 0.05) is 0 Å². The van der Waals surface area contributed by atoms with Gasteiger partial charge in [0.05, 0.1) is 30.4 Å². The molecule has 1 heterocycles. The highest BCUT2D eigenvalue weighted by atomic mass is 16.5. The average Bonchev–Trinajstić information content (AvgIpc) is 3.04. The van der Waals surface area contributed by atoms with Gasteiger partial charge in [-0.1, -0.05) is 66.5 Å². The topological polar surface area (TPSA) is 58.6 Å². The Labute approximate surface area is 207 Å². The van der Waals surface area contributed by atoms with E-state index in [0.29, 0.717) is 17.4 Å². The highest BCUT2D eigenvalue weighted by molar-refractivity contribution is 5.89. The molecule has 0 aromatic heterocycles. The molecule has 1 aliphatic carbocycles. The number of rotatable bonds is 8.